The number of likely N-dealkylation sites (N-methyl/N-ethyl adjacent to an activating group) is 1. The first kappa shape index (κ1) is 16.0. The molecule has 2 unspecified atom stereocenters. The van der Waals surface area contributed by atoms with Crippen molar-refractivity contribution >= 4 is 11.8 Å². The summed E-state index contributed by atoms with van der Waals surface area (Å²) >= 11 is 0. The topological polar surface area (TPSA) is 61.4 Å². The zero-order valence-corrected chi connectivity index (χ0v) is 12.4. The van der Waals surface area contributed by atoms with Crippen molar-refractivity contribution < 1.29 is 9.59 Å². The zero-order valence-electron chi connectivity index (χ0n) is 12.4. The van der Waals surface area contributed by atoms with Crippen molar-refractivity contribution in [1.82, 2.24) is 15.5 Å². The second kappa shape index (κ2) is 8.15. The first-order valence-corrected chi connectivity index (χ1v) is 7.32. The molecular weight excluding hydrogens is 242 g/mol. The summed E-state index contributed by atoms with van der Waals surface area (Å²) in [6, 6.07) is 0.0283. The van der Waals surface area contributed by atoms with Crippen LogP contribution < -0.4 is 10.6 Å². The van der Waals surface area contributed by atoms with Crippen molar-refractivity contribution in [3.8, 4) is 0 Å². The molecule has 0 saturated carbocycles. The zero-order chi connectivity index (χ0) is 14.3. The minimum absolute atomic E-state index is 0.0299. The van der Waals surface area contributed by atoms with Crippen LogP contribution in [0.4, 0.5) is 0 Å². The third kappa shape index (κ3) is 5.59. The lowest BCUT2D eigenvalue weighted by atomic mass is 10.0. The predicted molar refractivity (Wildman–Crippen MR) is 75.8 cm³/mol. The molecule has 2 amide bonds. The average Bonchev–Trinajstić information content (AvgIpc) is 2.44. The number of hydrogen-bond donors (Lipinski definition) is 2. The number of nitrogens with one attached hydrogen (secondary N) is 2. The van der Waals surface area contributed by atoms with E-state index in [9.17, 15) is 9.59 Å². The van der Waals surface area contributed by atoms with Gasteiger partial charge in [-0.05, 0) is 39.7 Å². The number of rotatable bonds is 6. The van der Waals surface area contributed by atoms with Crippen LogP contribution in [-0.2, 0) is 9.59 Å². The summed E-state index contributed by atoms with van der Waals surface area (Å²) < 4.78 is 0. The van der Waals surface area contributed by atoms with E-state index in [1.807, 2.05) is 6.92 Å². The smallest absolute Gasteiger partial charge is 0.244 e. The summed E-state index contributed by atoms with van der Waals surface area (Å²) in [5.41, 5.74) is 0. The maximum absolute atomic E-state index is 11.8. The third-order valence-electron chi connectivity index (χ3n) is 3.73. The fraction of sp³-hybridized carbons (Fsp3) is 0.857. The van der Waals surface area contributed by atoms with Crippen LogP contribution >= 0.6 is 0 Å². The molecule has 1 fully saturated rings. The minimum Gasteiger partial charge on any atom is -0.345 e. The Hall–Kier alpha value is -1.10. The number of nitrogens with zero attached hydrogens (tertiary/aromatic N) is 1. The molecule has 0 bridgehead atoms. The Labute approximate surface area is 116 Å². The maximum atomic E-state index is 11.8. The Morgan fingerprint density at radius 1 is 1.42 bits per heavy atom. The van der Waals surface area contributed by atoms with Gasteiger partial charge in [0.1, 0.15) is 6.04 Å². The summed E-state index contributed by atoms with van der Waals surface area (Å²) in [6.07, 6.45) is 4.98. The van der Waals surface area contributed by atoms with Gasteiger partial charge in [0, 0.05) is 26.1 Å². The molecule has 5 nitrogen and oxygen atoms in total. The van der Waals surface area contributed by atoms with Gasteiger partial charge in [-0.3, -0.25) is 9.59 Å². The van der Waals surface area contributed by atoms with Gasteiger partial charge in [-0.25, -0.2) is 0 Å². The van der Waals surface area contributed by atoms with Crippen molar-refractivity contribution in [3.05, 3.63) is 0 Å². The van der Waals surface area contributed by atoms with Gasteiger partial charge in [0.05, 0.1) is 0 Å². The Morgan fingerprint density at radius 3 is 2.74 bits per heavy atom. The predicted octanol–water partition coefficient (Wildman–Crippen LogP) is 0.892. The van der Waals surface area contributed by atoms with Gasteiger partial charge in [-0.15, -0.1) is 0 Å². The monoisotopic (exact) mass is 269 g/mol. The number of hydrogen-bond acceptors (Lipinski definition) is 3. The van der Waals surface area contributed by atoms with Crippen molar-refractivity contribution in [2.24, 2.45) is 0 Å². The third-order valence-corrected chi connectivity index (χ3v) is 3.73. The molecule has 1 heterocycles. The van der Waals surface area contributed by atoms with Crippen LogP contribution in [0.2, 0.25) is 0 Å². The summed E-state index contributed by atoms with van der Waals surface area (Å²) in [6.45, 7) is 5.37. The highest BCUT2D eigenvalue weighted by atomic mass is 16.2. The van der Waals surface area contributed by atoms with E-state index in [4.69, 9.17) is 0 Å². The highest BCUT2D eigenvalue weighted by molar-refractivity contribution is 5.87. The van der Waals surface area contributed by atoms with Gasteiger partial charge in [-0.2, -0.15) is 0 Å². The van der Waals surface area contributed by atoms with Crippen LogP contribution in [-0.4, -0.2) is 48.9 Å². The second-order valence-corrected chi connectivity index (χ2v) is 5.33. The van der Waals surface area contributed by atoms with E-state index in [-0.39, 0.29) is 11.8 Å². The van der Waals surface area contributed by atoms with Gasteiger partial charge in [0.15, 0.2) is 0 Å². The molecule has 0 spiro atoms. The SMILES string of the molecule is CCN(C)C(=O)C(C)NC(=O)CCC1CCCCN1. The molecule has 1 aliphatic rings. The highest BCUT2D eigenvalue weighted by Gasteiger charge is 2.19. The molecule has 110 valence electrons. The lowest BCUT2D eigenvalue weighted by Gasteiger charge is -2.24. The molecule has 0 aromatic rings. The first-order valence-electron chi connectivity index (χ1n) is 7.32. The van der Waals surface area contributed by atoms with E-state index in [2.05, 4.69) is 10.6 Å². The summed E-state index contributed by atoms with van der Waals surface area (Å²) in [5.74, 6) is -0.0654. The molecule has 1 saturated heterocycles. The van der Waals surface area contributed by atoms with E-state index in [0.29, 0.717) is 19.0 Å². The van der Waals surface area contributed by atoms with Crippen molar-refractivity contribution in [3.63, 3.8) is 0 Å². The van der Waals surface area contributed by atoms with Crippen LogP contribution in [0, 0.1) is 0 Å². The van der Waals surface area contributed by atoms with Crippen LogP contribution in [0.5, 0.6) is 0 Å². The molecular formula is C14H27N3O2. The molecule has 2 N–H and O–H groups in total. The van der Waals surface area contributed by atoms with Crippen LogP contribution in [0.1, 0.15) is 46.0 Å². The Bertz CT molecular complexity index is 301. The summed E-state index contributed by atoms with van der Waals surface area (Å²) in [5, 5.41) is 6.20. The van der Waals surface area contributed by atoms with E-state index in [1.54, 1.807) is 18.9 Å². The fourth-order valence-electron chi connectivity index (χ4n) is 2.34. The van der Waals surface area contributed by atoms with Crippen molar-refractivity contribution in [1.29, 1.82) is 0 Å². The first-order chi connectivity index (χ1) is 9.04. The lowest BCUT2D eigenvalue weighted by Crippen LogP contribution is -2.45. The molecule has 5 heteroatoms. The lowest BCUT2D eigenvalue weighted by molar-refractivity contribution is -0.134. The number of carbonyl (C=O) groups is 2. The second-order valence-electron chi connectivity index (χ2n) is 5.33. The Kier molecular flexibility index (Phi) is 6.84. The fourth-order valence-corrected chi connectivity index (χ4v) is 2.34. The molecule has 0 aliphatic carbocycles. The van der Waals surface area contributed by atoms with Gasteiger partial charge in [0.2, 0.25) is 11.8 Å². The molecule has 0 aromatic carbocycles. The quantitative estimate of drug-likeness (QED) is 0.753. The number of amides is 2. The van der Waals surface area contributed by atoms with E-state index < -0.39 is 6.04 Å². The molecule has 2 atom stereocenters. The number of carbonyl (C=O) groups excluding carboxylic acids is 2. The largest absolute Gasteiger partial charge is 0.345 e. The number of piperidine rings is 1. The van der Waals surface area contributed by atoms with Crippen LogP contribution in [0.15, 0.2) is 0 Å². The maximum Gasteiger partial charge on any atom is 0.244 e. The van der Waals surface area contributed by atoms with Gasteiger partial charge in [-0.1, -0.05) is 6.42 Å². The van der Waals surface area contributed by atoms with Crippen molar-refractivity contribution in [2.75, 3.05) is 20.1 Å². The van der Waals surface area contributed by atoms with Gasteiger partial charge in [0.25, 0.3) is 0 Å². The molecule has 0 radical (unpaired) electrons. The van der Waals surface area contributed by atoms with Crippen LogP contribution in [0.3, 0.4) is 0 Å². The Balaban J connectivity index is 2.24. The molecule has 1 rings (SSSR count). The van der Waals surface area contributed by atoms with E-state index >= 15 is 0 Å². The normalized spacial score (nSPS) is 20.7. The average molecular weight is 269 g/mol. The highest BCUT2D eigenvalue weighted by Crippen LogP contribution is 2.11. The summed E-state index contributed by atoms with van der Waals surface area (Å²) in [7, 11) is 1.75. The van der Waals surface area contributed by atoms with Crippen LogP contribution in [0.25, 0.3) is 0 Å². The standard InChI is InChI=1S/C14H27N3O2/c1-4-17(3)14(19)11(2)16-13(18)9-8-12-7-5-6-10-15-12/h11-12,15H,4-10H2,1-3H3,(H,16,18). The Morgan fingerprint density at radius 2 is 2.16 bits per heavy atom. The molecule has 19 heavy (non-hydrogen) atoms. The van der Waals surface area contributed by atoms with Gasteiger partial charge >= 0.3 is 0 Å². The molecule has 0 aromatic heterocycles. The van der Waals surface area contributed by atoms with Crippen molar-refractivity contribution in [2.45, 2.75) is 58.0 Å². The summed E-state index contributed by atoms with van der Waals surface area (Å²) in [4.78, 5) is 25.2. The van der Waals surface area contributed by atoms with E-state index in [0.717, 1.165) is 19.4 Å². The minimum atomic E-state index is -0.434. The molecule has 1 aliphatic heterocycles. The van der Waals surface area contributed by atoms with Gasteiger partial charge < -0.3 is 15.5 Å². The van der Waals surface area contributed by atoms with E-state index in [1.165, 1.54) is 12.8 Å².